The lowest BCUT2D eigenvalue weighted by molar-refractivity contribution is -0.116. The number of aryl methyl sites for hydroxylation is 1. The Morgan fingerprint density at radius 3 is 2.57 bits per heavy atom. The van der Waals surface area contributed by atoms with E-state index in [1.54, 1.807) is 6.07 Å². The highest BCUT2D eigenvalue weighted by molar-refractivity contribution is 6.07. The third-order valence-corrected chi connectivity index (χ3v) is 3.41. The summed E-state index contributed by atoms with van der Waals surface area (Å²) in [4.78, 5) is 11.9. The van der Waals surface area contributed by atoms with Crippen molar-refractivity contribution < 1.29 is 14.6 Å². The van der Waals surface area contributed by atoms with Gasteiger partial charge in [0.1, 0.15) is 5.82 Å². The fourth-order valence-corrected chi connectivity index (χ4v) is 2.19. The van der Waals surface area contributed by atoms with Crippen LogP contribution < -0.4 is 16.5 Å². The molecule has 1 amide bonds. The number of rotatable bonds is 6. The summed E-state index contributed by atoms with van der Waals surface area (Å²) < 4.78 is 14.1. The number of anilines is 1. The van der Waals surface area contributed by atoms with Gasteiger partial charge < -0.3 is 11.1 Å². The van der Waals surface area contributed by atoms with Crippen LogP contribution in [-0.2, 0) is 11.2 Å². The summed E-state index contributed by atoms with van der Waals surface area (Å²) >= 11 is 0. The molecule has 0 bridgehead atoms. The van der Waals surface area contributed by atoms with E-state index < -0.39 is 5.82 Å². The van der Waals surface area contributed by atoms with Gasteiger partial charge in [-0.2, -0.15) is 0 Å². The van der Waals surface area contributed by atoms with Crippen molar-refractivity contribution in [2.45, 2.75) is 12.8 Å². The number of hydrogen-bond acceptors (Lipinski definition) is 2. The first kappa shape index (κ1) is 16.4. The molecule has 2 aromatic rings. The van der Waals surface area contributed by atoms with Gasteiger partial charge in [0.25, 0.3) is 0 Å². The number of hydrogen-bond donors (Lipinski definition) is 3. The largest absolute Gasteiger partial charge is 0.404 e. The van der Waals surface area contributed by atoms with E-state index in [9.17, 15) is 9.18 Å². The number of carbonyl (C=O) groups is 1. The molecule has 0 fully saturated rings. The maximum Gasteiger partial charge on any atom is 0.224 e. The molecule has 0 saturated carbocycles. The molecule has 4 nitrogen and oxygen atoms in total. The summed E-state index contributed by atoms with van der Waals surface area (Å²) in [5.41, 5.74) is 7.55. The molecule has 118 valence electrons. The Kier molecular flexibility index (Phi) is 5.63. The van der Waals surface area contributed by atoms with Crippen molar-refractivity contribution in [2.75, 3.05) is 5.32 Å². The van der Waals surface area contributed by atoms with Crippen LogP contribution >= 0.6 is 0 Å². The van der Waals surface area contributed by atoms with E-state index in [4.69, 9.17) is 11.1 Å². The molecule has 23 heavy (non-hydrogen) atoms. The lowest BCUT2D eigenvalue weighted by atomic mass is 10.1. The van der Waals surface area contributed by atoms with E-state index in [0.29, 0.717) is 24.1 Å². The molecule has 0 unspecified atom stereocenters. The SMILES string of the molecule is N/C=C(\C=[NH2+])c1ccc(NC(=O)CCc2ccccc2)cc1F. The molecular weight excluding hydrogens is 293 g/mol. The van der Waals surface area contributed by atoms with Gasteiger partial charge >= 0.3 is 0 Å². The first-order chi connectivity index (χ1) is 11.1. The van der Waals surface area contributed by atoms with E-state index in [0.717, 1.165) is 5.56 Å². The van der Waals surface area contributed by atoms with Crippen LogP contribution in [0.5, 0.6) is 0 Å². The van der Waals surface area contributed by atoms with E-state index in [-0.39, 0.29) is 11.5 Å². The monoisotopic (exact) mass is 312 g/mol. The normalized spacial score (nSPS) is 11.1. The van der Waals surface area contributed by atoms with Crippen molar-refractivity contribution in [3.8, 4) is 0 Å². The summed E-state index contributed by atoms with van der Waals surface area (Å²) in [5, 5.41) is 8.07. The van der Waals surface area contributed by atoms with E-state index >= 15 is 0 Å². The standard InChI is InChI=1S/C18H18FN3O/c19-17-10-15(7-8-16(17)14(11-20)12-21)22-18(23)9-6-13-4-2-1-3-5-13/h1-5,7-8,10-12,20H,6,9,21H2,(H,22,23)/p+1/b14-12+,20-11?. The van der Waals surface area contributed by atoms with Crippen molar-refractivity contribution in [2.24, 2.45) is 5.73 Å². The van der Waals surface area contributed by atoms with Crippen molar-refractivity contribution in [3.63, 3.8) is 0 Å². The molecule has 2 aromatic carbocycles. The molecule has 0 spiro atoms. The Morgan fingerprint density at radius 2 is 1.96 bits per heavy atom. The summed E-state index contributed by atoms with van der Waals surface area (Å²) in [6, 6.07) is 14.1. The van der Waals surface area contributed by atoms with Crippen LogP contribution in [0.1, 0.15) is 17.5 Å². The van der Waals surface area contributed by atoms with Crippen molar-refractivity contribution >= 4 is 23.4 Å². The van der Waals surface area contributed by atoms with Gasteiger partial charge in [0.05, 0.1) is 5.57 Å². The van der Waals surface area contributed by atoms with Crippen molar-refractivity contribution in [1.29, 1.82) is 0 Å². The number of amides is 1. The average Bonchev–Trinajstić information content (AvgIpc) is 2.57. The Bertz CT molecular complexity index is 726. The number of carbonyl (C=O) groups excluding carboxylic acids is 1. The first-order valence-corrected chi connectivity index (χ1v) is 7.24. The highest BCUT2D eigenvalue weighted by atomic mass is 19.1. The molecule has 0 aliphatic heterocycles. The van der Waals surface area contributed by atoms with Gasteiger partial charge in [0.15, 0.2) is 6.21 Å². The van der Waals surface area contributed by atoms with Gasteiger partial charge in [-0.05, 0) is 30.2 Å². The summed E-state index contributed by atoms with van der Waals surface area (Å²) in [7, 11) is 0. The van der Waals surface area contributed by atoms with E-state index in [1.807, 2.05) is 30.3 Å². The van der Waals surface area contributed by atoms with Crippen LogP contribution in [-0.4, -0.2) is 12.1 Å². The van der Waals surface area contributed by atoms with Gasteiger partial charge in [-0.3, -0.25) is 10.2 Å². The maximum absolute atomic E-state index is 14.1. The topological polar surface area (TPSA) is 80.7 Å². The Labute approximate surface area is 134 Å². The van der Waals surface area contributed by atoms with Crippen LogP contribution in [0.4, 0.5) is 10.1 Å². The van der Waals surface area contributed by atoms with Crippen molar-refractivity contribution in [3.05, 3.63) is 71.7 Å². The molecule has 5 heteroatoms. The molecular formula is C18H19FN3O+. The fraction of sp³-hybridized carbons (Fsp3) is 0.111. The second-order valence-corrected chi connectivity index (χ2v) is 5.02. The van der Waals surface area contributed by atoms with Crippen LogP contribution in [0.3, 0.4) is 0 Å². The van der Waals surface area contributed by atoms with Crippen LogP contribution in [0.15, 0.2) is 54.7 Å². The number of nitrogens with one attached hydrogen (secondary N) is 1. The highest BCUT2D eigenvalue weighted by Gasteiger charge is 2.10. The Hall–Kier alpha value is -2.95. The fourth-order valence-electron chi connectivity index (χ4n) is 2.19. The Balaban J connectivity index is 1.99. The molecule has 0 aromatic heterocycles. The van der Waals surface area contributed by atoms with Gasteiger partial charge in [-0.1, -0.05) is 30.3 Å². The van der Waals surface area contributed by atoms with Crippen LogP contribution in [0.2, 0.25) is 0 Å². The van der Waals surface area contributed by atoms with E-state index in [2.05, 4.69) is 5.32 Å². The summed E-state index contributed by atoms with van der Waals surface area (Å²) in [6.07, 6.45) is 3.43. The zero-order valence-corrected chi connectivity index (χ0v) is 12.6. The second kappa shape index (κ2) is 7.89. The smallest absolute Gasteiger partial charge is 0.224 e. The minimum atomic E-state index is -0.496. The number of allylic oxidation sites excluding steroid dienone is 1. The third kappa shape index (κ3) is 4.51. The number of halogens is 1. The van der Waals surface area contributed by atoms with Gasteiger partial charge in [0.2, 0.25) is 5.91 Å². The molecule has 0 aliphatic rings. The highest BCUT2D eigenvalue weighted by Crippen LogP contribution is 2.20. The molecule has 0 radical (unpaired) electrons. The summed E-state index contributed by atoms with van der Waals surface area (Å²) in [5.74, 6) is -0.662. The molecule has 5 N–H and O–H groups in total. The quantitative estimate of drug-likeness (QED) is 0.707. The number of benzene rings is 2. The first-order valence-electron chi connectivity index (χ1n) is 7.24. The average molecular weight is 312 g/mol. The molecule has 0 heterocycles. The minimum Gasteiger partial charge on any atom is -0.404 e. The maximum atomic E-state index is 14.1. The van der Waals surface area contributed by atoms with E-state index in [1.165, 1.54) is 24.5 Å². The lowest BCUT2D eigenvalue weighted by Crippen LogP contribution is -2.30. The van der Waals surface area contributed by atoms with Crippen molar-refractivity contribution in [1.82, 2.24) is 0 Å². The number of nitrogens with two attached hydrogens (primary N) is 2. The zero-order chi connectivity index (χ0) is 16.7. The van der Waals surface area contributed by atoms with Crippen LogP contribution in [0, 0.1) is 5.82 Å². The zero-order valence-electron chi connectivity index (χ0n) is 12.6. The van der Waals surface area contributed by atoms with Crippen LogP contribution in [0.25, 0.3) is 5.57 Å². The Morgan fingerprint density at radius 1 is 1.22 bits per heavy atom. The molecule has 2 rings (SSSR count). The molecule has 0 atom stereocenters. The molecule has 0 saturated heterocycles. The lowest BCUT2D eigenvalue weighted by Gasteiger charge is -2.08. The molecule has 0 aliphatic carbocycles. The van der Waals surface area contributed by atoms with Gasteiger partial charge in [-0.15, -0.1) is 0 Å². The predicted molar refractivity (Wildman–Crippen MR) is 89.9 cm³/mol. The van der Waals surface area contributed by atoms with Gasteiger partial charge in [0, 0.05) is 23.9 Å². The second-order valence-electron chi connectivity index (χ2n) is 5.02. The van der Waals surface area contributed by atoms with Gasteiger partial charge in [-0.25, -0.2) is 4.39 Å². The third-order valence-electron chi connectivity index (χ3n) is 3.41. The summed E-state index contributed by atoms with van der Waals surface area (Å²) in [6.45, 7) is 0. The minimum absolute atomic E-state index is 0.166. The predicted octanol–water partition coefficient (Wildman–Crippen LogP) is 1.53.